The Hall–Kier alpha value is -1.39. The highest BCUT2D eigenvalue weighted by atomic mass is 19.1. The molecule has 1 aromatic heterocycles. The topological polar surface area (TPSA) is 26.2 Å². The van der Waals surface area contributed by atoms with Crippen LogP contribution in [0.5, 0.6) is 0 Å². The molecule has 1 aromatic carbocycles. The highest BCUT2D eigenvalue weighted by Gasteiger charge is 2.21. The lowest BCUT2D eigenvalue weighted by atomic mass is 9.96. The van der Waals surface area contributed by atoms with E-state index in [-0.39, 0.29) is 5.82 Å². The lowest BCUT2D eigenvalue weighted by molar-refractivity contribution is 0.190. The Morgan fingerprint density at radius 3 is 2.87 bits per heavy atom. The molecule has 1 atom stereocenters. The number of rotatable bonds is 5. The summed E-state index contributed by atoms with van der Waals surface area (Å²) in [7, 11) is 1.72. The second-order valence-electron chi connectivity index (χ2n) is 5.78. The van der Waals surface area contributed by atoms with E-state index >= 15 is 0 Å². The molecule has 3 nitrogen and oxygen atoms in total. The van der Waals surface area contributed by atoms with E-state index in [1.807, 2.05) is 19.9 Å². The maximum atomic E-state index is 14.1. The van der Waals surface area contributed by atoms with Gasteiger partial charge >= 0.3 is 0 Å². The predicted octanol–water partition coefficient (Wildman–Crippen LogP) is 4.31. The largest absolute Gasteiger partial charge is 0.385 e. The Labute approximate surface area is 138 Å². The molecule has 1 aliphatic rings. The van der Waals surface area contributed by atoms with Crippen LogP contribution in [0.4, 0.5) is 4.39 Å². The zero-order chi connectivity index (χ0) is 16.7. The number of benzene rings is 1. The summed E-state index contributed by atoms with van der Waals surface area (Å²) in [5.74, 6) is 0.358. The van der Waals surface area contributed by atoms with Gasteiger partial charge in [-0.2, -0.15) is 0 Å². The quantitative estimate of drug-likeness (QED) is 0.831. The first-order valence-electron chi connectivity index (χ1n) is 8.78. The fraction of sp³-hybridized carbons (Fsp3) is 0.579. The van der Waals surface area contributed by atoms with Gasteiger partial charge in [0.1, 0.15) is 5.82 Å². The van der Waals surface area contributed by atoms with Crippen molar-refractivity contribution in [3.8, 4) is 0 Å². The average Bonchev–Trinajstić information content (AvgIpc) is 2.98. The summed E-state index contributed by atoms with van der Waals surface area (Å²) < 4.78 is 21.5. The molecule has 4 heteroatoms. The van der Waals surface area contributed by atoms with E-state index < -0.39 is 0 Å². The van der Waals surface area contributed by atoms with Crippen LogP contribution in [0.1, 0.15) is 44.7 Å². The zero-order valence-corrected chi connectivity index (χ0v) is 14.6. The number of hydrogen-bond donors (Lipinski definition) is 1. The molecule has 0 spiro atoms. The van der Waals surface area contributed by atoms with Gasteiger partial charge in [0.15, 0.2) is 0 Å². The van der Waals surface area contributed by atoms with Crippen molar-refractivity contribution in [2.24, 2.45) is 0 Å². The molecule has 3 rings (SSSR count). The number of nitrogens with one attached hydrogen (secondary N) is 1. The third-order valence-corrected chi connectivity index (χ3v) is 4.37. The van der Waals surface area contributed by atoms with Crippen LogP contribution in [0.3, 0.4) is 0 Å². The third-order valence-electron chi connectivity index (χ3n) is 4.37. The number of methoxy groups -OCH3 is 1. The molecular formula is C19H29FN2O. The third kappa shape index (κ3) is 4.12. The smallest absolute Gasteiger partial charge is 0.132 e. The Morgan fingerprint density at radius 1 is 1.35 bits per heavy atom. The number of aromatic nitrogens is 1. The minimum atomic E-state index is -0.122. The van der Waals surface area contributed by atoms with E-state index in [9.17, 15) is 4.39 Å². The lowest BCUT2D eigenvalue weighted by Gasteiger charge is -2.24. The first-order chi connectivity index (χ1) is 11.3. The van der Waals surface area contributed by atoms with Crippen molar-refractivity contribution in [1.29, 1.82) is 0 Å². The highest BCUT2D eigenvalue weighted by Crippen LogP contribution is 2.31. The van der Waals surface area contributed by atoms with Gasteiger partial charge in [-0.05, 0) is 44.0 Å². The van der Waals surface area contributed by atoms with Gasteiger partial charge in [0.25, 0.3) is 0 Å². The average molecular weight is 320 g/mol. The van der Waals surface area contributed by atoms with Crippen molar-refractivity contribution in [3.05, 3.63) is 35.8 Å². The van der Waals surface area contributed by atoms with Crippen molar-refractivity contribution >= 4 is 10.9 Å². The molecule has 0 aliphatic carbocycles. The molecule has 1 aliphatic heterocycles. The molecule has 1 N–H and O–H groups in total. The molecule has 0 amide bonds. The molecular weight excluding hydrogens is 291 g/mol. The van der Waals surface area contributed by atoms with Crippen LogP contribution in [0, 0.1) is 5.82 Å². The fourth-order valence-corrected chi connectivity index (χ4v) is 3.33. The van der Waals surface area contributed by atoms with Gasteiger partial charge < -0.3 is 14.6 Å². The van der Waals surface area contributed by atoms with Crippen molar-refractivity contribution in [2.75, 3.05) is 26.8 Å². The van der Waals surface area contributed by atoms with E-state index in [1.54, 1.807) is 19.2 Å². The van der Waals surface area contributed by atoms with Crippen LogP contribution < -0.4 is 5.32 Å². The minimum absolute atomic E-state index is 0.122. The van der Waals surface area contributed by atoms with Crippen LogP contribution in [-0.4, -0.2) is 31.4 Å². The first-order valence-corrected chi connectivity index (χ1v) is 8.78. The molecule has 128 valence electrons. The summed E-state index contributed by atoms with van der Waals surface area (Å²) >= 11 is 0. The molecule has 0 saturated carbocycles. The Bertz CT molecular complexity index is 603. The van der Waals surface area contributed by atoms with Crippen LogP contribution in [-0.2, 0) is 11.3 Å². The number of aryl methyl sites for hydroxylation is 1. The summed E-state index contributed by atoms with van der Waals surface area (Å²) in [6, 6.07) is 7.41. The second-order valence-corrected chi connectivity index (χ2v) is 5.78. The Morgan fingerprint density at radius 2 is 2.17 bits per heavy atom. The summed E-state index contributed by atoms with van der Waals surface area (Å²) in [6.07, 6.45) is 3.31. The maximum absolute atomic E-state index is 14.1. The molecule has 0 bridgehead atoms. The standard InChI is InChI=1S/C17H23FN2O.C2H6/c1-21-10-4-9-20-16-7-2-6-15(18)14(16)11-17(20)13-5-3-8-19-12-13;1-2/h2,6-7,11,13,19H,3-5,8-10,12H2,1H3;1-2H3. The fourth-order valence-electron chi connectivity index (χ4n) is 3.33. The molecule has 1 saturated heterocycles. The van der Waals surface area contributed by atoms with Crippen molar-refractivity contribution in [1.82, 2.24) is 9.88 Å². The summed E-state index contributed by atoms with van der Waals surface area (Å²) in [5, 5.41) is 4.20. The highest BCUT2D eigenvalue weighted by molar-refractivity contribution is 5.82. The van der Waals surface area contributed by atoms with Crippen molar-refractivity contribution in [2.45, 2.75) is 45.6 Å². The van der Waals surface area contributed by atoms with Crippen molar-refractivity contribution < 1.29 is 9.13 Å². The van der Waals surface area contributed by atoms with Crippen LogP contribution in [0.25, 0.3) is 10.9 Å². The number of halogens is 1. The molecule has 2 aromatic rings. The SMILES string of the molecule is CC.COCCCn1c(C2CCCNC2)cc2c(F)cccc21. The van der Waals surface area contributed by atoms with Crippen LogP contribution >= 0.6 is 0 Å². The second kappa shape index (κ2) is 9.04. The normalized spacial score (nSPS) is 17.8. The van der Waals surface area contributed by atoms with Gasteiger partial charge in [0, 0.05) is 43.8 Å². The summed E-state index contributed by atoms with van der Waals surface area (Å²) in [6.45, 7) is 7.70. The van der Waals surface area contributed by atoms with Gasteiger partial charge in [-0.15, -0.1) is 0 Å². The molecule has 1 unspecified atom stereocenters. The van der Waals surface area contributed by atoms with Gasteiger partial charge in [-0.25, -0.2) is 4.39 Å². The van der Waals surface area contributed by atoms with E-state index in [1.165, 1.54) is 18.5 Å². The van der Waals surface area contributed by atoms with Gasteiger partial charge in [-0.3, -0.25) is 0 Å². The number of ether oxygens (including phenoxy) is 1. The van der Waals surface area contributed by atoms with Gasteiger partial charge in [0.05, 0.1) is 5.52 Å². The lowest BCUT2D eigenvalue weighted by Crippen LogP contribution is -2.29. The van der Waals surface area contributed by atoms with E-state index in [4.69, 9.17) is 4.74 Å². The monoisotopic (exact) mass is 320 g/mol. The Balaban J connectivity index is 0.000000924. The predicted molar refractivity (Wildman–Crippen MR) is 94.6 cm³/mol. The maximum Gasteiger partial charge on any atom is 0.132 e. The number of nitrogens with zero attached hydrogens (tertiary/aromatic N) is 1. The molecule has 23 heavy (non-hydrogen) atoms. The molecule has 0 radical (unpaired) electrons. The molecule has 2 heterocycles. The Kier molecular flexibility index (Phi) is 7.06. The van der Waals surface area contributed by atoms with Crippen molar-refractivity contribution in [3.63, 3.8) is 0 Å². The van der Waals surface area contributed by atoms with E-state index in [0.29, 0.717) is 5.92 Å². The van der Waals surface area contributed by atoms with E-state index in [0.717, 1.165) is 43.6 Å². The van der Waals surface area contributed by atoms with Gasteiger partial charge in [0.2, 0.25) is 0 Å². The minimum Gasteiger partial charge on any atom is -0.385 e. The zero-order valence-electron chi connectivity index (χ0n) is 14.6. The number of piperidine rings is 1. The van der Waals surface area contributed by atoms with Gasteiger partial charge in [-0.1, -0.05) is 19.9 Å². The number of fused-ring (bicyclic) bond motifs is 1. The van der Waals surface area contributed by atoms with Crippen LogP contribution in [0.15, 0.2) is 24.3 Å². The molecule has 1 fully saturated rings. The summed E-state index contributed by atoms with van der Waals surface area (Å²) in [5.41, 5.74) is 2.27. The number of hydrogen-bond acceptors (Lipinski definition) is 2. The van der Waals surface area contributed by atoms with Crippen LogP contribution in [0.2, 0.25) is 0 Å². The summed E-state index contributed by atoms with van der Waals surface area (Å²) in [4.78, 5) is 0. The van der Waals surface area contributed by atoms with E-state index in [2.05, 4.69) is 16.0 Å². The first kappa shape index (κ1) is 18.0.